The van der Waals surface area contributed by atoms with Crippen molar-refractivity contribution in [2.45, 2.75) is 13.8 Å². The number of hydrogen-bond donors (Lipinski definition) is 3. The first-order chi connectivity index (χ1) is 12.7. The molecule has 0 atom stereocenters. The van der Waals surface area contributed by atoms with E-state index < -0.39 is 5.97 Å². The molecule has 0 fully saturated rings. The molecule has 1 amide bonds. The van der Waals surface area contributed by atoms with Crippen molar-refractivity contribution in [1.29, 1.82) is 0 Å². The van der Waals surface area contributed by atoms with Crippen LogP contribution in [0.4, 0.5) is 0 Å². The van der Waals surface area contributed by atoms with Gasteiger partial charge in [0, 0.05) is 23.8 Å². The molecule has 2 aromatic rings. The van der Waals surface area contributed by atoms with E-state index in [9.17, 15) is 14.7 Å². The first-order valence-electron chi connectivity index (χ1n) is 7.94. The van der Waals surface area contributed by atoms with Crippen molar-refractivity contribution in [3.8, 4) is 11.3 Å². The number of nitrogens with two attached hydrogens (primary N) is 1. The van der Waals surface area contributed by atoms with Gasteiger partial charge in [0.25, 0.3) is 0 Å². The fraction of sp³-hybridized carbons (Fsp3) is 0.100. The normalized spacial score (nSPS) is 12.0. The van der Waals surface area contributed by atoms with Crippen LogP contribution in [0.15, 0.2) is 64.9 Å². The number of amides is 1. The molecule has 27 heavy (non-hydrogen) atoms. The molecular weight excluding hydrogens is 368 g/mol. The number of carbonyl (C=O) groups excluding carboxylic acids is 1. The highest BCUT2D eigenvalue weighted by Gasteiger charge is 2.22. The maximum absolute atomic E-state index is 11.7. The van der Waals surface area contributed by atoms with Gasteiger partial charge >= 0.3 is 5.97 Å². The maximum Gasteiger partial charge on any atom is 0.339 e. The third kappa shape index (κ3) is 4.68. The number of allylic oxidation sites excluding steroid dienone is 3. The summed E-state index contributed by atoms with van der Waals surface area (Å²) >= 11 is 6.20. The molecule has 1 aromatic carbocycles. The van der Waals surface area contributed by atoms with Crippen LogP contribution in [-0.2, 0) is 4.79 Å². The van der Waals surface area contributed by atoms with Crippen LogP contribution in [0, 0.1) is 0 Å². The maximum atomic E-state index is 11.7. The van der Waals surface area contributed by atoms with Crippen LogP contribution in [0.25, 0.3) is 16.9 Å². The lowest BCUT2D eigenvalue weighted by atomic mass is 10.0. The van der Waals surface area contributed by atoms with Crippen LogP contribution in [0.1, 0.15) is 30.0 Å². The average molecular weight is 387 g/mol. The fourth-order valence-corrected chi connectivity index (χ4v) is 2.66. The second-order valence-electron chi connectivity index (χ2n) is 5.75. The van der Waals surface area contributed by atoms with Crippen molar-refractivity contribution in [2.24, 2.45) is 5.73 Å². The van der Waals surface area contributed by atoms with Gasteiger partial charge in [0.1, 0.15) is 11.3 Å². The third-order valence-corrected chi connectivity index (χ3v) is 4.01. The molecule has 140 valence electrons. The number of hydrogen-bond acceptors (Lipinski definition) is 4. The van der Waals surface area contributed by atoms with E-state index >= 15 is 0 Å². The Labute approximate surface area is 161 Å². The first-order valence-corrected chi connectivity index (χ1v) is 8.31. The molecule has 0 saturated heterocycles. The predicted molar refractivity (Wildman–Crippen MR) is 105 cm³/mol. The third-order valence-electron chi connectivity index (χ3n) is 3.68. The molecule has 6 nitrogen and oxygen atoms in total. The number of carbonyl (C=O) groups is 2. The minimum absolute atomic E-state index is 0.0426. The Morgan fingerprint density at radius 2 is 1.96 bits per heavy atom. The van der Waals surface area contributed by atoms with E-state index in [2.05, 4.69) is 11.9 Å². The molecule has 0 spiro atoms. The second-order valence-corrected chi connectivity index (χ2v) is 6.16. The van der Waals surface area contributed by atoms with Gasteiger partial charge in [0.15, 0.2) is 5.76 Å². The van der Waals surface area contributed by atoms with Gasteiger partial charge in [0.2, 0.25) is 5.91 Å². The number of benzene rings is 1. The van der Waals surface area contributed by atoms with E-state index in [1.165, 1.54) is 19.2 Å². The molecular formula is C20H19ClN2O4. The zero-order chi connectivity index (χ0) is 20.1. The first kappa shape index (κ1) is 20.1. The van der Waals surface area contributed by atoms with Crippen molar-refractivity contribution >= 4 is 29.1 Å². The summed E-state index contributed by atoms with van der Waals surface area (Å²) < 4.78 is 5.85. The van der Waals surface area contributed by atoms with Gasteiger partial charge in [-0.25, -0.2) is 4.79 Å². The van der Waals surface area contributed by atoms with E-state index in [1.54, 1.807) is 37.3 Å². The summed E-state index contributed by atoms with van der Waals surface area (Å²) in [7, 11) is 0. The van der Waals surface area contributed by atoms with Crippen molar-refractivity contribution in [2.75, 3.05) is 0 Å². The van der Waals surface area contributed by atoms with Crippen molar-refractivity contribution < 1.29 is 19.1 Å². The number of rotatable bonds is 6. The van der Waals surface area contributed by atoms with Gasteiger partial charge in [-0.15, -0.1) is 0 Å². The number of nitrogens with one attached hydrogen (secondary N) is 1. The van der Waals surface area contributed by atoms with Crippen LogP contribution in [0.3, 0.4) is 0 Å². The fourth-order valence-electron chi connectivity index (χ4n) is 2.43. The van der Waals surface area contributed by atoms with Gasteiger partial charge in [-0.2, -0.15) is 0 Å². The smallest absolute Gasteiger partial charge is 0.339 e. The van der Waals surface area contributed by atoms with Gasteiger partial charge in [-0.1, -0.05) is 30.3 Å². The Morgan fingerprint density at radius 1 is 1.30 bits per heavy atom. The number of carboxylic acid groups (broad SMARTS) is 1. The van der Waals surface area contributed by atoms with Gasteiger partial charge < -0.3 is 20.6 Å². The highest BCUT2D eigenvalue weighted by molar-refractivity contribution is 6.33. The number of aromatic carboxylic acids is 1. The SMILES string of the molecule is C=C(/C=C(\C(C)=C/N)c1cc(C(=O)O)c(-c2ccccc2Cl)o1)NC(C)=O. The molecule has 1 aromatic heterocycles. The Balaban J connectivity index is 2.65. The molecule has 0 aliphatic carbocycles. The topological polar surface area (TPSA) is 106 Å². The second kappa shape index (κ2) is 8.42. The van der Waals surface area contributed by atoms with E-state index in [1.807, 2.05) is 0 Å². The van der Waals surface area contributed by atoms with Gasteiger partial charge in [-0.05, 0) is 43.0 Å². The van der Waals surface area contributed by atoms with Crippen LogP contribution in [-0.4, -0.2) is 17.0 Å². The quantitative estimate of drug-likeness (QED) is 0.645. The molecule has 4 N–H and O–H groups in total. The minimum Gasteiger partial charge on any atom is -0.478 e. The summed E-state index contributed by atoms with van der Waals surface area (Å²) in [5.74, 6) is -1.06. The molecule has 0 aliphatic rings. The Morgan fingerprint density at radius 3 is 2.52 bits per heavy atom. The number of halogens is 1. The van der Waals surface area contributed by atoms with Crippen molar-refractivity contribution in [3.63, 3.8) is 0 Å². The lowest BCUT2D eigenvalue weighted by Crippen LogP contribution is -2.17. The van der Waals surface area contributed by atoms with Crippen LogP contribution in [0.2, 0.25) is 5.02 Å². The summed E-state index contributed by atoms with van der Waals surface area (Å²) in [6, 6.07) is 8.17. The minimum atomic E-state index is -1.16. The molecule has 0 unspecified atom stereocenters. The largest absolute Gasteiger partial charge is 0.478 e. The number of furan rings is 1. The lowest BCUT2D eigenvalue weighted by molar-refractivity contribution is -0.118. The Hall–Kier alpha value is -3.25. The van der Waals surface area contributed by atoms with Crippen molar-refractivity contribution in [3.05, 3.63) is 76.8 Å². The van der Waals surface area contributed by atoms with E-state index in [0.717, 1.165) is 0 Å². The molecule has 2 rings (SSSR count). The summed E-state index contributed by atoms with van der Waals surface area (Å²) in [5, 5.41) is 12.5. The van der Waals surface area contributed by atoms with Crippen LogP contribution < -0.4 is 11.1 Å². The summed E-state index contributed by atoms with van der Waals surface area (Å²) in [5.41, 5.74) is 7.45. The monoisotopic (exact) mass is 386 g/mol. The molecule has 7 heteroatoms. The molecule has 1 heterocycles. The van der Waals surface area contributed by atoms with E-state index in [4.69, 9.17) is 21.8 Å². The van der Waals surface area contributed by atoms with Gasteiger partial charge in [-0.3, -0.25) is 4.79 Å². The van der Waals surface area contributed by atoms with Crippen LogP contribution >= 0.6 is 11.6 Å². The van der Waals surface area contributed by atoms with Crippen molar-refractivity contribution in [1.82, 2.24) is 5.32 Å². The Bertz CT molecular complexity index is 970. The van der Waals surface area contributed by atoms with Crippen LogP contribution in [0.5, 0.6) is 0 Å². The van der Waals surface area contributed by atoms with E-state index in [-0.39, 0.29) is 23.0 Å². The molecule has 0 saturated carbocycles. The summed E-state index contributed by atoms with van der Waals surface area (Å²) in [6.07, 6.45) is 2.91. The van der Waals surface area contributed by atoms with E-state index in [0.29, 0.717) is 27.4 Å². The zero-order valence-corrected chi connectivity index (χ0v) is 15.6. The Kier molecular flexibility index (Phi) is 6.26. The lowest BCUT2D eigenvalue weighted by Gasteiger charge is -2.07. The number of carboxylic acids is 1. The molecule has 0 radical (unpaired) electrons. The standard InChI is InChI=1S/C20H19ClN2O4/c1-11(10-22)15(8-12(2)23-13(3)24)18-9-16(20(25)26)19(27-18)14-6-4-5-7-17(14)21/h4-10H,2,22H2,1,3H3,(H,23,24)(H,25,26)/b11-10-,15-8+. The van der Waals surface area contributed by atoms with Gasteiger partial charge in [0.05, 0.1) is 5.02 Å². The molecule has 0 aliphatic heterocycles. The highest BCUT2D eigenvalue weighted by atomic mass is 35.5. The average Bonchev–Trinajstić information content (AvgIpc) is 3.04. The molecule has 0 bridgehead atoms. The zero-order valence-electron chi connectivity index (χ0n) is 14.9. The predicted octanol–water partition coefficient (Wildman–Crippen LogP) is 4.19. The highest BCUT2D eigenvalue weighted by Crippen LogP contribution is 2.36. The summed E-state index contributed by atoms with van der Waals surface area (Å²) in [6.45, 7) is 6.84. The summed E-state index contributed by atoms with van der Waals surface area (Å²) in [4.78, 5) is 22.9.